The van der Waals surface area contributed by atoms with Gasteiger partial charge in [0.25, 0.3) is 0 Å². The maximum atomic E-state index is 12.8. The van der Waals surface area contributed by atoms with Gasteiger partial charge in [0.15, 0.2) is 12.4 Å². The number of amides is 1. The van der Waals surface area contributed by atoms with Crippen LogP contribution in [-0.2, 0) is 14.3 Å². The molecule has 0 aliphatic rings. The fourth-order valence-electron chi connectivity index (χ4n) is 2.90. The molecule has 2 N–H and O–H groups in total. The van der Waals surface area contributed by atoms with Gasteiger partial charge in [-0.15, -0.1) is 11.3 Å². The van der Waals surface area contributed by atoms with Crippen LogP contribution in [0, 0.1) is 11.8 Å². The third kappa shape index (κ3) is 6.39. The summed E-state index contributed by atoms with van der Waals surface area (Å²) in [7, 11) is 1.73. The van der Waals surface area contributed by atoms with Gasteiger partial charge in [0.05, 0.1) is 6.04 Å². The molecule has 0 saturated heterocycles. The number of nitrogens with two attached hydrogens (primary N) is 1. The molecule has 1 amide bonds. The number of aldehydes is 1. The quantitative estimate of drug-likeness (QED) is 0.481. The number of likely N-dealkylation sites (N-methyl/N-ethyl adjacent to an activating group) is 1. The second-order valence-corrected chi connectivity index (χ2v) is 8.12. The first kappa shape index (κ1) is 23.2. The van der Waals surface area contributed by atoms with Crippen LogP contribution < -0.4 is 5.73 Å². The molecule has 1 rings (SSSR count). The second-order valence-electron chi connectivity index (χ2n) is 7.23. The lowest BCUT2D eigenvalue weighted by Gasteiger charge is -2.35. The number of carbonyl (C=O) groups is 3. The zero-order chi connectivity index (χ0) is 20.7. The van der Waals surface area contributed by atoms with Gasteiger partial charge in [-0.3, -0.25) is 14.4 Å². The molecule has 0 aliphatic carbocycles. The van der Waals surface area contributed by atoms with Crippen molar-refractivity contribution in [3.05, 3.63) is 16.1 Å². The zero-order valence-corrected chi connectivity index (χ0v) is 17.8. The molecule has 1 aromatic heterocycles. The number of rotatable bonds is 10. The van der Waals surface area contributed by atoms with Crippen LogP contribution in [0.4, 0.5) is 0 Å². The predicted molar refractivity (Wildman–Crippen MR) is 105 cm³/mol. The summed E-state index contributed by atoms with van der Waals surface area (Å²) < 4.78 is 5.46. The Morgan fingerprint density at radius 3 is 2.44 bits per heavy atom. The van der Waals surface area contributed by atoms with Crippen molar-refractivity contribution < 1.29 is 19.1 Å². The smallest absolute Gasteiger partial charge is 0.303 e. The van der Waals surface area contributed by atoms with Crippen molar-refractivity contribution in [1.29, 1.82) is 0 Å². The first-order valence-electron chi connectivity index (χ1n) is 9.22. The minimum atomic E-state index is -0.622. The Bertz CT molecular complexity index is 647. The Labute approximate surface area is 165 Å². The molecule has 27 heavy (non-hydrogen) atoms. The summed E-state index contributed by atoms with van der Waals surface area (Å²) in [5, 5.41) is 2.17. The van der Waals surface area contributed by atoms with Crippen molar-refractivity contribution in [1.82, 2.24) is 9.88 Å². The van der Waals surface area contributed by atoms with Crippen molar-refractivity contribution in [3.63, 3.8) is 0 Å². The summed E-state index contributed by atoms with van der Waals surface area (Å²) in [5.41, 5.74) is 6.43. The summed E-state index contributed by atoms with van der Waals surface area (Å²) in [6, 6.07) is -0.768. The van der Waals surface area contributed by atoms with Crippen LogP contribution in [0.15, 0.2) is 5.38 Å². The van der Waals surface area contributed by atoms with Crippen molar-refractivity contribution in [2.45, 2.75) is 65.6 Å². The molecule has 1 aromatic rings. The van der Waals surface area contributed by atoms with E-state index in [9.17, 15) is 14.4 Å². The van der Waals surface area contributed by atoms with Crippen LogP contribution in [0.25, 0.3) is 0 Å². The third-order valence-corrected chi connectivity index (χ3v) is 5.81. The minimum Gasteiger partial charge on any atom is -0.455 e. The number of carbonyl (C=O) groups excluding carboxylic acids is 3. The topological polar surface area (TPSA) is 103 Å². The number of thiazole rings is 1. The molecule has 152 valence electrons. The maximum absolute atomic E-state index is 12.8. The SMILES string of the molecule is CCC(C)C(N)C(=O)N(C)C(CC(OC(C)=O)c1nc(C=O)cs1)C(C)C. The molecule has 0 saturated carbocycles. The van der Waals surface area contributed by atoms with Crippen molar-refractivity contribution in [2.75, 3.05) is 7.05 Å². The fourth-order valence-corrected chi connectivity index (χ4v) is 3.70. The van der Waals surface area contributed by atoms with Gasteiger partial charge in [-0.05, 0) is 11.8 Å². The number of hydrogen-bond acceptors (Lipinski definition) is 7. The largest absolute Gasteiger partial charge is 0.455 e. The van der Waals surface area contributed by atoms with Crippen molar-refractivity contribution in [3.8, 4) is 0 Å². The summed E-state index contributed by atoms with van der Waals surface area (Å²) in [6.45, 7) is 9.30. The lowest BCUT2D eigenvalue weighted by molar-refractivity contribution is -0.148. The highest BCUT2D eigenvalue weighted by molar-refractivity contribution is 7.09. The van der Waals surface area contributed by atoms with E-state index in [0.717, 1.165) is 6.42 Å². The first-order valence-corrected chi connectivity index (χ1v) is 10.1. The van der Waals surface area contributed by atoms with Gasteiger partial charge in [-0.1, -0.05) is 34.1 Å². The Morgan fingerprint density at radius 1 is 1.37 bits per heavy atom. The minimum absolute atomic E-state index is 0.0751. The molecule has 4 atom stereocenters. The van der Waals surface area contributed by atoms with E-state index in [-0.39, 0.29) is 23.8 Å². The van der Waals surface area contributed by atoms with E-state index < -0.39 is 18.1 Å². The number of nitrogens with zero attached hydrogens (tertiary/aromatic N) is 2. The van der Waals surface area contributed by atoms with Crippen LogP contribution in [0.1, 0.15) is 69.1 Å². The molecule has 7 nitrogen and oxygen atoms in total. The van der Waals surface area contributed by atoms with Gasteiger partial charge >= 0.3 is 5.97 Å². The Balaban J connectivity index is 3.06. The number of esters is 1. The highest BCUT2D eigenvalue weighted by atomic mass is 32.1. The van der Waals surface area contributed by atoms with Crippen LogP contribution in [0.2, 0.25) is 0 Å². The van der Waals surface area contributed by atoms with Gasteiger partial charge < -0.3 is 15.4 Å². The summed E-state index contributed by atoms with van der Waals surface area (Å²) in [4.78, 5) is 41.2. The van der Waals surface area contributed by atoms with E-state index in [1.807, 2.05) is 27.7 Å². The normalized spacial score (nSPS) is 15.7. The molecule has 4 unspecified atom stereocenters. The number of aromatic nitrogens is 1. The molecule has 1 heterocycles. The third-order valence-electron chi connectivity index (χ3n) is 4.86. The average Bonchev–Trinajstić information content (AvgIpc) is 3.11. The molecule has 0 aromatic carbocycles. The standard InChI is InChI=1S/C19H31N3O4S/c1-7-12(4)17(20)19(25)22(6)15(11(2)3)8-16(26-13(5)24)18-21-14(9-23)10-27-18/h9-12,15-17H,7-8,20H2,1-6H3. The maximum Gasteiger partial charge on any atom is 0.303 e. The molecule has 0 spiro atoms. The Hall–Kier alpha value is -1.80. The zero-order valence-electron chi connectivity index (χ0n) is 17.0. The summed E-state index contributed by atoms with van der Waals surface area (Å²) in [6.07, 6.45) is 1.24. The van der Waals surface area contributed by atoms with Crippen LogP contribution >= 0.6 is 11.3 Å². The number of hydrogen-bond donors (Lipinski definition) is 1. The number of ether oxygens (including phenoxy) is 1. The first-order chi connectivity index (χ1) is 12.6. The Kier molecular flexibility index (Phi) is 9.05. The van der Waals surface area contributed by atoms with E-state index in [0.29, 0.717) is 23.4 Å². The van der Waals surface area contributed by atoms with Crippen LogP contribution in [0.3, 0.4) is 0 Å². The van der Waals surface area contributed by atoms with Gasteiger partial charge in [0.1, 0.15) is 10.7 Å². The lowest BCUT2D eigenvalue weighted by Crippen LogP contribution is -2.51. The predicted octanol–water partition coefficient (Wildman–Crippen LogP) is 2.81. The fraction of sp³-hybridized carbons (Fsp3) is 0.684. The molecule has 0 bridgehead atoms. The van der Waals surface area contributed by atoms with E-state index in [2.05, 4.69) is 4.98 Å². The van der Waals surface area contributed by atoms with Gasteiger partial charge in [-0.2, -0.15) is 0 Å². The molecular weight excluding hydrogens is 366 g/mol. The van der Waals surface area contributed by atoms with E-state index in [1.165, 1.54) is 18.3 Å². The van der Waals surface area contributed by atoms with Crippen LogP contribution in [0.5, 0.6) is 0 Å². The molecule has 8 heteroatoms. The molecule has 0 aliphatic heterocycles. The molecule has 0 radical (unpaired) electrons. The molecular formula is C19H31N3O4S. The van der Waals surface area contributed by atoms with Crippen LogP contribution in [-0.4, -0.2) is 47.2 Å². The van der Waals surface area contributed by atoms with Gasteiger partial charge in [-0.25, -0.2) is 4.98 Å². The van der Waals surface area contributed by atoms with Gasteiger partial charge in [0, 0.05) is 31.8 Å². The second kappa shape index (κ2) is 10.5. The van der Waals surface area contributed by atoms with Crippen molar-refractivity contribution >= 4 is 29.5 Å². The summed E-state index contributed by atoms with van der Waals surface area (Å²) in [5.74, 6) is -0.370. The highest BCUT2D eigenvalue weighted by Crippen LogP contribution is 2.30. The van der Waals surface area contributed by atoms with E-state index >= 15 is 0 Å². The highest BCUT2D eigenvalue weighted by Gasteiger charge is 2.33. The average molecular weight is 398 g/mol. The van der Waals surface area contributed by atoms with Crippen molar-refractivity contribution in [2.24, 2.45) is 17.6 Å². The van der Waals surface area contributed by atoms with Gasteiger partial charge in [0.2, 0.25) is 5.91 Å². The summed E-state index contributed by atoms with van der Waals surface area (Å²) >= 11 is 1.27. The monoisotopic (exact) mass is 397 g/mol. The van der Waals surface area contributed by atoms with E-state index in [1.54, 1.807) is 17.3 Å². The lowest BCUT2D eigenvalue weighted by atomic mass is 9.93. The Morgan fingerprint density at radius 2 is 2.00 bits per heavy atom. The van der Waals surface area contributed by atoms with E-state index in [4.69, 9.17) is 10.5 Å². The molecule has 0 fully saturated rings.